The first-order chi connectivity index (χ1) is 10.1. The van der Waals surface area contributed by atoms with E-state index in [0.717, 1.165) is 25.6 Å². The van der Waals surface area contributed by atoms with Crippen LogP contribution in [0.5, 0.6) is 5.75 Å². The third kappa shape index (κ3) is 2.95. The van der Waals surface area contributed by atoms with E-state index in [1.165, 1.54) is 12.1 Å². The molecule has 0 unspecified atom stereocenters. The van der Waals surface area contributed by atoms with Gasteiger partial charge in [-0.3, -0.25) is 0 Å². The van der Waals surface area contributed by atoms with Crippen molar-refractivity contribution in [3.8, 4) is 5.75 Å². The molecule has 2 N–H and O–H groups in total. The number of hydrogen-bond acceptors (Lipinski definition) is 2. The van der Waals surface area contributed by atoms with E-state index in [-0.39, 0.29) is 11.6 Å². The maximum absolute atomic E-state index is 13.1. The van der Waals surface area contributed by atoms with Crippen molar-refractivity contribution in [1.82, 2.24) is 0 Å². The fourth-order valence-electron chi connectivity index (χ4n) is 2.33. The molecule has 106 valence electrons. The number of anilines is 1. The summed E-state index contributed by atoms with van der Waals surface area (Å²) >= 11 is 2.09. The lowest BCUT2D eigenvalue weighted by molar-refractivity contribution is 0.470. The molecular weight excluding hydrogens is 380 g/mol. The monoisotopic (exact) mass is 393 g/mol. The van der Waals surface area contributed by atoms with Crippen molar-refractivity contribution < 1.29 is 9.50 Å². The van der Waals surface area contributed by atoms with Gasteiger partial charge in [-0.1, -0.05) is 30.3 Å². The molecule has 0 bridgehead atoms. The quantitative estimate of drug-likeness (QED) is 0.621. The number of hydrogen-bond donors (Lipinski definition) is 2. The third-order valence-electron chi connectivity index (χ3n) is 3.40. The molecule has 0 saturated heterocycles. The highest BCUT2D eigenvalue weighted by Crippen LogP contribution is 2.28. The molecule has 0 aliphatic rings. The van der Waals surface area contributed by atoms with E-state index in [9.17, 15) is 9.50 Å². The minimum absolute atomic E-state index is 0.252. The molecule has 0 radical (unpaired) electrons. The molecule has 0 aliphatic carbocycles. The smallest absolute Gasteiger partial charge is 0.124 e. The molecule has 0 saturated carbocycles. The SMILES string of the molecule is Oc1ccc2ccccc2c1CNc1ccc(F)cc1I. The van der Waals surface area contributed by atoms with Gasteiger partial charge in [0, 0.05) is 21.4 Å². The zero-order chi connectivity index (χ0) is 14.8. The van der Waals surface area contributed by atoms with Gasteiger partial charge in [0.25, 0.3) is 0 Å². The average molecular weight is 393 g/mol. The molecule has 4 heteroatoms. The van der Waals surface area contributed by atoms with Crippen LogP contribution in [0.15, 0.2) is 54.6 Å². The fourth-order valence-corrected chi connectivity index (χ4v) is 2.99. The van der Waals surface area contributed by atoms with Crippen LogP contribution in [0.3, 0.4) is 0 Å². The summed E-state index contributed by atoms with van der Waals surface area (Å²) in [5, 5.41) is 15.5. The second-order valence-corrected chi connectivity index (χ2v) is 5.92. The molecule has 3 aromatic rings. The zero-order valence-electron chi connectivity index (χ0n) is 11.1. The van der Waals surface area contributed by atoms with E-state index in [1.807, 2.05) is 30.3 Å². The van der Waals surface area contributed by atoms with Crippen molar-refractivity contribution in [2.45, 2.75) is 6.54 Å². The minimum atomic E-state index is -0.252. The fraction of sp³-hybridized carbons (Fsp3) is 0.0588. The van der Waals surface area contributed by atoms with Crippen LogP contribution >= 0.6 is 22.6 Å². The Balaban J connectivity index is 1.93. The van der Waals surface area contributed by atoms with Crippen molar-refractivity contribution in [1.29, 1.82) is 0 Å². The summed E-state index contributed by atoms with van der Waals surface area (Å²) in [5.41, 5.74) is 1.69. The molecule has 0 amide bonds. The molecule has 3 rings (SSSR count). The van der Waals surface area contributed by atoms with Gasteiger partial charge in [0.15, 0.2) is 0 Å². The Labute approximate surface area is 135 Å². The van der Waals surface area contributed by atoms with Crippen LogP contribution in [0.2, 0.25) is 0 Å². The lowest BCUT2D eigenvalue weighted by atomic mass is 10.0. The molecule has 0 aliphatic heterocycles. The van der Waals surface area contributed by atoms with E-state index < -0.39 is 0 Å². The summed E-state index contributed by atoms with van der Waals surface area (Å²) in [6, 6.07) is 16.1. The minimum Gasteiger partial charge on any atom is -0.508 e. The van der Waals surface area contributed by atoms with Crippen molar-refractivity contribution in [2.24, 2.45) is 0 Å². The Bertz CT molecular complexity index is 804. The summed E-state index contributed by atoms with van der Waals surface area (Å²) in [7, 11) is 0. The van der Waals surface area contributed by atoms with E-state index in [0.29, 0.717) is 6.54 Å². The van der Waals surface area contributed by atoms with Gasteiger partial charge >= 0.3 is 0 Å². The standard InChI is InChI=1S/C17H13FINO/c18-12-6-7-16(15(19)9-12)20-10-14-13-4-2-1-3-11(13)5-8-17(14)21/h1-9,20-21H,10H2. The number of rotatable bonds is 3. The largest absolute Gasteiger partial charge is 0.508 e. The van der Waals surface area contributed by atoms with Gasteiger partial charge in [-0.25, -0.2) is 4.39 Å². The summed E-state index contributed by atoms with van der Waals surface area (Å²) < 4.78 is 13.9. The Morgan fingerprint density at radius 3 is 2.67 bits per heavy atom. The first-order valence-corrected chi connectivity index (χ1v) is 7.61. The normalized spacial score (nSPS) is 10.8. The van der Waals surface area contributed by atoms with Gasteiger partial charge < -0.3 is 10.4 Å². The molecule has 0 fully saturated rings. The molecule has 2 nitrogen and oxygen atoms in total. The van der Waals surface area contributed by atoms with E-state index in [4.69, 9.17) is 0 Å². The van der Waals surface area contributed by atoms with Crippen LogP contribution in [0.1, 0.15) is 5.56 Å². The Morgan fingerprint density at radius 2 is 1.86 bits per heavy atom. The van der Waals surface area contributed by atoms with Crippen LogP contribution < -0.4 is 5.32 Å². The number of nitrogens with one attached hydrogen (secondary N) is 1. The van der Waals surface area contributed by atoms with Crippen molar-refractivity contribution in [2.75, 3.05) is 5.32 Å². The lowest BCUT2D eigenvalue weighted by Gasteiger charge is -2.12. The maximum atomic E-state index is 13.1. The number of halogens is 2. The van der Waals surface area contributed by atoms with Crippen LogP contribution in [0.25, 0.3) is 10.8 Å². The van der Waals surface area contributed by atoms with Gasteiger partial charge in [-0.05, 0) is 57.6 Å². The second-order valence-electron chi connectivity index (χ2n) is 4.76. The molecule has 0 aromatic heterocycles. The Hall–Kier alpha value is -1.82. The number of benzene rings is 3. The predicted molar refractivity (Wildman–Crippen MR) is 92.1 cm³/mol. The van der Waals surface area contributed by atoms with Crippen LogP contribution in [-0.4, -0.2) is 5.11 Å². The highest BCUT2D eigenvalue weighted by atomic mass is 127. The summed E-state index contributed by atoms with van der Waals surface area (Å²) in [5.74, 6) is 0.0104. The molecule has 0 heterocycles. The highest BCUT2D eigenvalue weighted by Gasteiger charge is 2.08. The average Bonchev–Trinajstić information content (AvgIpc) is 2.48. The van der Waals surface area contributed by atoms with Crippen LogP contribution in [0.4, 0.5) is 10.1 Å². The number of aromatic hydroxyl groups is 1. The first-order valence-electron chi connectivity index (χ1n) is 6.53. The maximum Gasteiger partial charge on any atom is 0.124 e. The third-order valence-corrected chi connectivity index (χ3v) is 4.30. The molecule has 21 heavy (non-hydrogen) atoms. The van der Waals surface area contributed by atoms with Crippen molar-refractivity contribution in [3.63, 3.8) is 0 Å². The van der Waals surface area contributed by atoms with Gasteiger partial charge in [0.1, 0.15) is 11.6 Å². The molecule has 0 spiro atoms. The van der Waals surface area contributed by atoms with E-state index in [2.05, 4.69) is 27.9 Å². The first kappa shape index (κ1) is 14.1. The predicted octanol–water partition coefficient (Wildman–Crippen LogP) is 4.90. The van der Waals surface area contributed by atoms with Crippen LogP contribution in [-0.2, 0) is 6.54 Å². The summed E-state index contributed by atoms with van der Waals surface area (Å²) in [6.07, 6.45) is 0. The van der Waals surface area contributed by atoms with E-state index in [1.54, 1.807) is 12.1 Å². The zero-order valence-corrected chi connectivity index (χ0v) is 13.3. The van der Waals surface area contributed by atoms with Crippen molar-refractivity contribution >= 4 is 39.1 Å². The van der Waals surface area contributed by atoms with Gasteiger partial charge in [-0.15, -0.1) is 0 Å². The van der Waals surface area contributed by atoms with Crippen molar-refractivity contribution in [3.05, 3.63) is 69.5 Å². The topological polar surface area (TPSA) is 32.3 Å². The van der Waals surface area contributed by atoms with E-state index >= 15 is 0 Å². The molecule has 0 atom stereocenters. The highest BCUT2D eigenvalue weighted by molar-refractivity contribution is 14.1. The van der Waals surface area contributed by atoms with Gasteiger partial charge in [0.05, 0.1) is 0 Å². The Morgan fingerprint density at radius 1 is 1.05 bits per heavy atom. The van der Waals surface area contributed by atoms with Gasteiger partial charge in [0.2, 0.25) is 0 Å². The van der Waals surface area contributed by atoms with Crippen LogP contribution in [0, 0.1) is 9.39 Å². The lowest BCUT2D eigenvalue weighted by Crippen LogP contribution is -2.02. The molecule has 3 aromatic carbocycles. The molecular formula is C17H13FINO. The Kier molecular flexibility index (Phi) is 3.96. The summed E-state index contributed by atoms with van der Waals surface area (Å²) in [4.78, 5) is 0. The number of phenols is 1. The number of fused-ring (bicyclic) bond motifs is 1. The summed E-state index contributed by atoms with van der Waals surface area (Å²) in [6.45, 7) is 0.481. The number of phenolic OH excluding ortho intramolecular Hbond substituents is 1. The van der Waals surface area contributed by atoms with Gasteiger partial charge in [-0.2, -0.15) is 0 Å². The second kappa shape index (κ2) is 5.89.